The first-order valence-electron chi connectivity index (χ1n) is 15.9. The quantitative estimate of drug-likeness (QED) is 0.123. The van der Waals surface area contributed by atoms with Gasteiger partial charge in [-0.25, -0.2) is 13.2 Å². The Bertz CT molecular complexity index is 1760. The fourth-order valence-corrected chi connectivity index (χ4v) is 6.59. The number of aryl methyl sites for hydroxylation is 3. The van der Waals surface area contributed by atoms with Crippen LogP contribution in [0, 0.1) is 13.8 Å². The van der Waals surface area contributed by atoms with Gasteiger partial charge in [-0.15, -0.1) is 0 Å². The molecule has 0 spiro atoms. The Morgan fingerprint density at radius 2 is 1.48 bits per heavy atom. The second kappa shape index (κ2) is 15.3. The van der Waals surface area contributed by atoms with Crippen molar-refractivity contribution in [3.63, 3.8) is 0 Å². The Kier molecular flexibility index (Phi) is 11.5. The molecule has 0 radical (unpaired) electrons. The van der Waals surface area contributed by atoms with Crippen molar-refractivity contribution < 1.29 is 23.1 Å². The average Bonchev–Trinajstić information content (AvgIpc) is 3.34. The van der Waals surface area contributed by atoms with Crippen LogP contribution in [-0.4, -0.2) is 72.7 Å². The highest BCUT2D eigenvalue weighted by Gasteiger charge is 2.19. The van der Waals surface area contributed by atoms with E-state index in [1.54, 1.807) is 12.1 Å². The van der Waals surface area contributed by atoms with Crippen molar-refractivity contribution in [3.8, 4) is 11.3 Å². The van der Waals surface area contributed by atoms with Crippen molar-refractivity contribution in [2.75, 3.05) is 37.2 Å². The Labute approximate surface area is 272 Å². The Morgan fingerprint density at radius 3 is 2.09 bits per heavy atom. The molecule has 246 valence electrons. The van der Waals surface area contributed by atoms with Crippen LogP contribution in [0.3, 0.4) is 0 Å². The molecule has 1 heterocycles. The zero-order valence-corrected chi connectivity index (χ0v) is 28.3. The molecule has 1 aromatic heterocycles. The second-order valence-electron chi connectivity index (χ2n) is 12.0. The van der Waals surface area contributed by atoms with Gasteiger partial charge in [0, 0.05) is 48.5 Å². The van der Waals surface area contributed by atoms with Crippen LogP contribution in [0.1, 0.15) is 54.5 Å². The number of unbranched alkanes of at least 4 members (excludes halogenated alkanes) is 1. The molecular formula is C36H46N4O5S. The standard InChI is InChI=1S/C36H46N4O5S/c1-6-39(7-2)34(41)24-28-13-16-33-32(23-28)31(35(37-33)29-21-25(3)20-26(4)22-29)17-19-40(36(42)43)18-9-8-10-27-11-14-30(15-12-27)38-46(5,44)45/h11-16,20-23,37-38H,6-10,17-19,24H2,1-5H3,(H,42,43). The van der Waals surface area contributed by atoms with Crippen molar-refractivity contribution in [1.29, 1.82) is 0 Å². The van der Waals surface area contributed by atoms with Crippen molar-refractivity contribution in [3.05, 3.63) is 88.5 Å². The van der Waals surface area contributed by atoms with E-state index in [1.165, 1.54) is 4.90 Å². The molecule has 0 saturated carbocycles. The lowest BCUT2D eigenvalue weighted by Crippen LogP contribution is -2.32. The smallest absolute Gasteiger partial charge is 0.407 e. The van der Waals surface area contributed by atoms with Gasteiger partial charge in [0.15, 0.2) is 0 Å². The summed E-state index contributed by atoms with van der Waals surface area (Å²) < 4.78 is 25.3. The fourth-order valence-electron chi connectivity index (χ4n) is 6.03. The van der Waals surface area contributed by atoms with E-state index in [1.807, 2.05) is 43.0 Å². The largest absolute Gasteiger partial charge is 0.465 e. The number of hydrogen-bond donors (Lipinski definition) is 3. The van der Waals surface area contributed by atoms with Gasteiger partial charge in [0.05, 0.1) is 12.7 Å². The number of benzene rings is 3. The monoisotopic (exact) mass is 646 g/mol. The summed E-state index contributed by atoms with van der Waals surface area (Å²) in [5.74, 6) is 0.0922. The predicted molar refractivity (Wildman–Crippen MR) is 186 cm³/mol. The van der Waals surface area contributed by atoms with E-state index in [9.17, 15) is 23.1 Å². The molecule has 46 heavy (non-hydrogen) atoms. The van der Waals surface area contributed by atoms with E-state index < -0.39 is 16.1 Å². The number of rotatable bonds is 15. The molecule has 0 unspecified atom stereocenters. The molecule has 0 saturated heterocycles. The molecule has 0 atom stereocenters. The summed E-state index contributed by atoms with van der Waals surface area (Å²) in [6, 6.07) is 19.8. The van der Waals surface area contributed by atoms with Crippen LogP contribution in [0.2, 0.25) is 0 Å². The van der Waals surface area contributed by atoms with Gasteiger partial charge < -0.3 is 19.9 Å². The lowest BCUT2D eigenvalue weighted by molar-refractivity contribution is -0.130. The van der Waals surface area contributed by atoms with Crippen LogP contribution >= 0.6 is 0 Å². The molecule has 3 aromatic carbocycles. The molecule has 0 aliphatic heterocycles. The number of amides is 2. The van der Waals surface area contributed by atoms with Gasteiger partial charge in [-0.1, -0.05) is 35.4 Å². The van der Waals surface area contributed by atoms with E-state index >= 15 is 0 Å². The summed E-state index contributed by atoms with van der Waals surface area (Å²) >= 11 is 0. The lowest BCUT2D eigenvalue weighted by Gasteiger charge is -2.20. The Morgan fingerprint density at radius 1 is 0.826 bits per heavy atom. The molecular weight excluding hydrogens is 600 g/mol. The topological polar surface area (TPSA) is 123 Å². The number of carbonyl (C=O) groups is 2. The first-order chi connectivity index (χ1) is 21.9. The molecule has 10 heteroatoms. The van der Waals surface area contributed by atoms with Crippen LogP contribution in [-0.2, 0) is 34.1 Å². The van der Waals surface area contributed by atoms with Gasteiger partial charge in [-0.05, 0) is 112 Å². The number of aromatic amines is 1. The van der Waals surface area contributed by atoms with Crippen LogP contribution in [0.5, 0.6) is 0 Å². The molecule has 2 amide bonds. The van der Waals surface area contributed by atoms with Gasteiger partial charge in [0.2, 0.25) is 15.9 Å². The van der Waals surface area contributed by atoms with Crippen LogP contribution in [0.4, 0.5) is 10.5 Å². The number of anilines is 1. The minimum absolute atomic E-state index is 0.0922. The van der Waals surface area contributed by atoms with Crippen LogP contribution < -0.4 is 4.72 Å². The third-order valence-corrected chi connectivity index (χ3v) is 8.86. The minimum Gasteiger partial charge on any atom is -0.465 e. The number of carboxylic acid groups (broad SMARTS) is 1. The van der Waals surface area contributed by atoms with E-state index in [2.05, 4.69) is 47.8 Å². The highest BCUT2D eigenvalue weighted by Crippen LogP contribution is 2.33. The molecule has 3 N–H and O–H groups in total. The Hall–Kier alpha value is -4.31. The van der Waals surface area contributed by atoms with Gasteiger partial charge in [-0.3, -0.25) is 9.52 Å². The SMILES string of the molecule is CCN(CC)C(=O)Cc1ccc2[nH]c(-c3cc(C)cc(C)c3)c(CCN(CCCCc3ccc(NS(C)(=O)=O)cc3)C(=O)O)c2c1. The molecule has 0 aliphatic rings. The second-order valence-corrected chi connectivity index (χ2v) is 13.8. The number of aromatic nitrogens is 1. The first-order valence-corrected chi connectivity index (χ1v) is 17.8. The predicted octanol–water partition coefficient (Wildman–Crippen LogP) is 6.78. The molecule has 0 bridgehead atoms. The maximum absolute atomic E-state index is 12.9. The average molecular weight is 647 g/mol. The van der Waals surface area contributed by atoms with E-state index in [0.717, 1.165) is 69.1 Å². The summed E-state index contributed by atoms with van der Waals surface area (Å²) in [5.41, 5.74) is 8.87. The molecule has 4 aromatic rings. The van der Waals surface area contributed by atoms with Crippen molar-refractivity contribution in [2.24, 2.45) is 0 Å². The van der Waals surface area contributed by atoms with Gasteiger partial charge in [-0.2, -0.15) is 0 Å². The highest BCUT2D eigenvalue weighted by atomic mass is 32.2. The zero-order valence-electron chi connectivity index (χ0n) is 27.5. The van der Waals surface area contributed by atoms with Gasteiger partial charge in [0.25, 0.3) is 0 Å². The fraction of sp³-hybridized carbons (Fsp3) is 0.389. The maximum atomic E-state index is 12.9. The summed E-state index contributed by atoms with van der Waals surface area (Å²) in [7, 11) is -3.33. The van der Waals surface area contributed by atoms with Crippen LogP contribution in [0.15, 0.2) is 60.7 Å². The molecule has 9 nitrogen and oxygen atoms in total. The van der Waals surface area contributed by atoms with Crippen molar-refractivity contribution in [1.82, 2.24) is 14.8 Å². The number of hydrogen-bond acceptors (Lipinski definition) is 4. The number of sulfonamides is 1. The molecule has 0 aliphatic carbocycles. The van der Waals surface area contributed by atoms with E-state index in [-0.39, 0.29) is 5.91 Å². The van der Waals surface area contributed by atoms with E-state index in [0.29, 0.717) is 51.1 Å². The third-order valence-electron chi connectivity index (χ3n) is 8.26. The zero-order chi connectivity index (χ0) is 33.4. The Balaban J connectivity index is 1.51. The number of likely N-dealkylation sites (N-methyl/N-ethyl adjacent to an activating group) is 1. The van der Waals surface area contributed by atoms with Crippen molar-refractivity contribution >= 4 is 38.6 Å². The number of fused-ring (bicyclic) bond motifs is 1. The summed E-state index contributed by atoms with van der Waals surface area (Å²) in [4.78, 5) is 32.1. The number of carbonyl (C=O) groups excluding carboxylic acids is 1. The summed E-state index contributed by atoms with van der Waals surface area (Å²) in [6.45, 7) is 10.2. The van der Waals surface area contributed by atoms with Gasteiger partial charge >= 0.3 is 6.09 Å². The summed E-state index contributed by atoms with van der Waals surface area (Å²) in [6.07, 6.45) is 3.27. The van der Waals surface area contributed by atoms with Crippen molar-refractivity contribution in [2.45, 2.75) is 59.8 Å². The number of nitrogens with one attached hydrogen (secondary N) is 2. The molecule has 0 fully saturated rings. The normalized spacial score (nSPS) is 11.5. The van der Waals surface area contributed by atoms with E-state index in [4.69, 9.17) is 0 Å². The minimum atomic E-state index is -3.33. The third kappa shape index (κ3) is 9.36. The first kappa shape index (κ1) is 34.6. The maximum Gasteiger partial charge on any atom is 0.407 e. The highest BCUT2D eigenvalue weighted by molar-refractivity contribution is 7.92. The number of nitrogens with zero attached hydrogens (tertiary/aromatic N) is 2. The lowest BCUT2D eigenvalue weighted by atomic mass is 9.98. The summed E-state index contributed by atoms with van der Waals surface area (Å²) in [5, 5.41) is 11.1. The van der Waals surface area contributed by atoms with Gasteiger partial charge in [0.1, 0.15) is 0 Å². The van der Waals surface area contributed by atoms with Crippen LogP contribution in [0.25, 0.3) is 22.2 Å². The molecule has 4 rings (SSSR count). The number of H-pyrrole nitrogens is 1.